The smallest absolute Gasteiger partial charge is 0.211 e. The Balaban J connectivity index is 2.16. The third-order valence-corrected chi connectivity index (χ3v) is 5.96. The molecule has 1 aromatic rings. The van der Waals surface area contributed by atoms with Gasteiger partial charge >= 0.3 is 0 Å². The fourth-order valence-corrected chi connectivity index (χ4v) is 4.53. The summed E-state index contributed by atoms with van der Waals surface area (Å²) >= 11 is 0. The molecule has 136 valence electrons. The van der Waals surface area contributed by atoms with Gasteiger partial charge in [0.15, 0.2) is 0 Å². The van der Waals surface area contributed by atoms with E-state index in [9.17, 15) is 8.42 Å². The quantitative estimate of drug-likeness (QED) is 0.758. The summed E-state index contributed by atoms with van der Waals surface area (Å²) in [4.78, 5) is 10.7. The highest BCUT2D eigenvalue weighted by molar-refractivity contribution is 7.89. The molecule has 0 aromatic carbocycles. The van der Waals surface area contributed by atoms with Crippen LogP contribution in [0.4, 0.5) is 5.82 Å². The highest BCUT2D eigenvalue weighted by Crippen LogP contribution is 2.28. The highest BCUT2D eigenvalue weighted by atomic mass is 32.2. The molecule has 1 aromatic heterocycles. The first-order chi connectivity index (χ1) is 11.4. The average Bonchev–Trinajstić information content (AvgIpc) is 2.91. The largest absolute Gasteiger partial charge is 0.378 e. The first kappa shape index (κ1) is 19.1. The molecule has 1 aliphatic heterocycles. The maximum absolute atomic E-state index is 12.2. The van der Waals surface area contributed by atoms with E-state index in [0.29, 0.717) is 25.5 Å². The predicted molar refractivity (Wildman–Crippen MR) is 94.3 cm³/mol. The SMILES string of the molecule is CCCS(=O)(=O)NC1CN(c2cc(COC)ncn2)CC1C(C)C. The van der Waals surface area contributed by atoms with Gasteiger partial charge in [0, 0.05) is 32.3 Å². The normalized spacial score (nSPS) is 21.6. The Morgan fingerprint density at radius 2 is 2.12 bits per heavy atom. The fourth-order valence-electron chi connectivity index (χ4n) is 3.16. The van der Waals surface area contributed by atoms with Crippen molar-refractivity contribution in [1.29, 1.82) is 0 Å². The minimum absolute atomic E-state index is 0.0950. The zero-order chi connectivity index (χ0) is 17.7. The molecule has 1 saturated heterocycles. The molecule has 0 radical (unpaired) electrons. The number of rotatable bonds is 8. The highest BCUT2D eigenvalue weighted by Gasteiger charge is 2.37. The zero-order valence-electron chi connectivity index (χ0n) is 14.9. The summed E-state index contributed by atoms with van der Waals surface area (Å²) in [6.07, 6.45) is 2.15. The summed E-state index contributed by atoms with van der Waals surface area (Å²) in [5.41, 5.74) is 0.818. The maximum Gasteiger partial charge on any atom is 0.211 e. The van der Waals surface area contributed by atoms with E-state index in [1.807, 2.05) is 13.0 Å². The molecule has 7 nitrogen and oxygen atoms in total. The molecule has 0 amide bonds. The van der Waals surface area contributed by atoms with Gasteiger partial charge in [-0.1, -0.05) is 20.8 Å². The number of aromatic nitrogens is 2. The number of hydrogen-bond acceptors (Lipinski definition) is 6. The Labute approximate surface area is 144 Å². The van der Waals surface area contributed by atoms with Gasteiger partial charge in [-0.3, -0.25) is 0 Å². The molecule has 8 heteroatoms. The number of methoxy groups -OCH3 is 1. The van der Waals surface area contributed by atoms with Crippen LogP contribution in [-0.4, -0.2) is 50.4 Å². The topological polar surface area (TPSA) is 84.4 Å². The van der Waals surface area contributed by atoms with E-state index in [1.165, 1.54) is 6.33 Å². The van der Waals surface area contributed by atoms with Gasteiger partial charge in [0.1, 0.15) is 12.1 Å². The predicted octanol–water partition coefficient (Wildman–Crippen LogP) is 1.41. The van der Waals surface area contributed by atoms with Gasteiger partial charge in [0.2, 0.25) is 10.0 Å². The van der Waals surface area contributed by atoms with Crippen LogP contribution >= 0.6 is 0 Å². The summed E-state index contributed by atoms with van der Waals surface area (Å²) in [5, 5.41) is 0. The molecule has 1 aliphatic rings. The number of ether oxygens (including phenoxy) is 1. The van der Waals surface area contributed by atoms with Gasteiger partial charge < -0.3 is 9.64 Å². The monoisotopic (exact) mass is 356 g/mol. The van der Waals surface area contributed by atoms with Gasteiger partial charge in [0.05, 0.1) is 18.1 Å². The standard InChI is InChI=1S/C16H28N4O3S/c1-5-6-24(21,22)19-15-9-20(8-14(15)12(2)3)16-7-13(10-23-4)17-11-18-16/h7,11-12,14-15,19H,5-6,8-10H2,1-4H3. The number of nitrogens with zero attached hydrogens (tertiary/aromatic N) is 3. The Morgan fingerprint density at radius 1 is 1.38 bits per heavy atom. The van der Waals surface area contributed by atoms with Crippen molar-refractivity contribution < 1.29 is 13.2 Å². The van der Waals surface area contributed by atoms with Crippen molar-refractivity contribution in [2.24, 2.45) is 11.8 Å². The Kier molecular flexibility index (Phi) is 6.54. The molecule has 2 atom stereocenters. The van der Waals surface area contributed by atoms with Crippen molar-refractivity contribution in [2.45, 2.75) is 39.8 Å². The molecule has 24 heavy (non-hydrogen) atoms. The van der Waals surface area contributed by atoms with Crippen LogP contribution in [0.15, 0.2) is 12.4 Å². The van der Waals surface area contributed by atoms with Crippen molar-refractivity contribution in [3.63, 3.8) is 0 Å². The molecule has 0 aliphatic carbocycles. The van der Waals surface area contributed by atoms with Gasteiger partial charge in [0.25, 0.3) is 0 Å². The van der Waals surface area contributed by atoms with Crippen LogP contribution in [0, 0.1) is 11.8 Å². The first-order valence-corrected chi connectivity index (χ1v) is 10.1. The van der Waals surface area contributed by atoms with E-state index in [2.05, 4.69) is 33.4 Å². The van der Waals surface area contributed by atoms with Gasteiger partial charge in [-0.25, -0.2) is 23.1 Å². The van der Waals surface area contributed by atoms with Crippen molar-refractivity contribution >= 4 is 15.8 Å². The van der Waals surface area contributed by atoms with Gasteiger partial charge in [-0.2, -0.15) is 0 Å². The molecule has 2 heterocycles. The van der Waals surface area contributed by atoms with Crippen molar-refractivity contribution in [2.75, 3.05) is 30.9 Å². The molecule has 0 bridgehead atoms. The summed E-state index contributed by atoms with van der Waals surface area (Å²) < 4.78 is 32.3. The van der Waals surface area contributed by atoms with Crippen LogP contribution < -0.4 is 9.62 Å². The van der Waals surface area contributed by atoms with Crippen LogP contribution in [-0.2, 0) is 21.4 Å². The van der Waals surface area contributed by atoms with E-state index >= 15 is 0 Å². The lowest BCUT2D eigenvalue weighted by Gasteiger charge is -2.22. The fraction of sp³-hybridized carbons (Fsp3) is 0.750. The second-order valence-corrected chi connectivity index (χ2v) is 8.53. The van der Waals surface area contributed by atoms with E-state index in [0.717, 1.165) is 18.1 Å². The summed E-state index contributed by atoms with van der Waals surface area (Å²) in [6, 6.07) is 1.81. The molecular formula is C16H28N4O3S. The van der Waals surface area contributed by atoms with Crippen LogP contribution in [0.5, 0.6) is 0 Å². The van der Waals surface area contributed by atoms with E-state index in [-0.39, 0.29) is 17.7 Å². The summed E-state index contributed by atoms with van der Waals surface area (Å²) in [7, 11) is -1.60. The van der Waals surface area contributed by atoms with E-state index in [4.69, 9.17) is 4.74 Å². The van der Waals surface area contributed by atoms with Crippen LogP contribution in [0.2, 0.25) is 0 Å². The molecule has 2 rings (SSSR count). The molecule has 1 N–H and O–H groups in total. The maximum atomic E-state index is 12.2. The van der Waals surface area contributed by atoms with Gasteiger partial charge in [-0.05, 0) is 18.3 Å². The van der Waals surface area contributed by atoms with E-state index < -0.39 is 10.0 Å². The minimum atomic E-state index is -3.23. The third-order valence-electron chi connectivity index (χ3n) is 4.35. The van der Waals surface area contributed by atoms with Crippen molar-refractivity contribution in [3.8, 4) is 0 Å². The Hall–Kier alpha value is -1.25. The van der Waals surface area contributed by atoms with Crippen LogP contribution in [0.3, 0.4) is 0 Å². The molecule has 2 unspecified atom stereocenters. The number of sulfonamides is 1. The number of nitrogens with one attached hydrogen (secondary N) is 1. The lowest BCUT2D eigenvalue weighted by atomic mass is 9.92. The molecule has 0 saturated carbocycles. The van der Waals surface area contributed by atoms with Crippen molar-refractivity contribution in [1.82, 2.24) is 14.7 Å². The van der Waals surface area contributed by atoms with Crippen LogP contribution in [0.1, 0.15) is 32.9 Å². The van der Waals surface area contributed by atoms with Crippen LogP contribution in [0.25, 0.3) is 0 Å². The summed E-state index contributed by atoms with van der Waals surface area (Å²) in [6.45, 7) is 7.97. The van der Waals surface area contributed by atoms with Gasteiger partial charge in [-0.15, -0.1) is 0 Å². The van der Waals surface area contributed by atoms with Crippen molar-refractivity contribution in [3.05, 3.63) is 18.1 Å². The summed E-state index contributed by atoms with van der Waals surface area (Å²) in [5.74, 6) is 1.61. The zero-order valence-corrected chi connectivity index (χ0v) is 15.7. The second-order valence-electron chi connectivity index (χ2n) is 6.66. The Bertz CT molecular complexity index is 636. The number of hydrogen-bond donors (Lipinski definition) is 1. The second kappa shape index (κ2) is 8.22. The molecular weight excluding hydrogens is 328 g/mol. The average molecular weight is 356 g/mol. The lowest BCUT2D eigenvalue weighted by Crippen LogP contribution is -2.42. The van der Waals surface area contributed by atoms with E-state index in [1.54, 1.807) is 7.11 Å². The Morgan fingerprint density at radius 3 is 2.75 bits per heavy atom. The number of anilines is 1. The first-order valence-electron chi connectivity index (χ1n) is 8.41. The molecule has 1 fully saturated rings. The third kappa shape index (κ3) is 4.87. The molecule has 0 spiro atoms. The lowest BCUT2D eigenvalue weighted by molar-refractivity contribution is 0.181. The minimum Gasteiger partial charge on any atom is -0.378 e.